The molecule has 2 aliphatic rings. The van der Waals surface area contributed by atoms with E-state index < -0.39 is 10.0 Å². The first-order valence-corrected chi connectivity index (χ1v) is 8.50. The predicted molar refractivity (Wildman–Crippen MR) is 78.9 cm³/mol. The van der Waals surface area contributed by atoms with E-state index in [1.807, 2.05) is 6.07 Å². The van der Waals surface area contributed by atoms with Crippen molar-refractivity contribution in [3.05, 3.63) is 23.8 Å². The van der Waals surface area contributed by atoms with Gasteiger partial charge in [0.2, 0.25) is 10.0 Å². The Morgan fingerprint density at radius 3 is 2.86 bits per heavy atom. The number of sulfonamides is 1. The third-order valence-electron chi connectivity index (χ3n) is 4.29. The number of anilines is 1. The minimum Gasteiger partial charge on any atom is -0.399 e. The Balaban J connectivity index is 1.92. The Hall–Kier alpha value is -1.62. The van der Waals surface area contributed by atoms with Crippen LogP contribution in [0.3, 0.4) is 0 Å². The van der Waals surface area contributed by atoms with E-state index in [-0.39, 0.29) is 10.5 Å². The van der Waals surface area contributed by atoms with Crippen LogP contribution in [0.25, 0.3) is 0 Å². The Bertz CT molecular complexity index is 695. The van der Waals surface area contributed by atoms with Gasteiger partial charge in [0, 0.05) is 31.4 Å². The molecule has 6 nitrogen and oxygen atoms in total. The molecule has 112 valence electrons. The molecular weight excluding hydrogens is 288 g/mol. The monoisotopic (exact) mass is 306 g/mol. The molecule has 2 N–H and O–H groups in total. The van der Waals surface area contributed by atoms with E-state index >= 15 is 0 Å². The SMILES string of the molecule is N#Cc1cc(N)ccc1S(=O)(=O)N1CCN2CCCC2C1. The maximum absolute atomic E-state index is 12.8. The first-order chi connectivity index (χ1) is 10.0. The lowest BCUT2D eigenvalue weighted by Gasteiger charge is -2.36. The van der Waals surface area contributed by atoms with E-state index in [4.69, 9.17) is 11.0 Å². The predicted octanol–water partition coefficient (Wildman–Crippen LogP) is 0.609. The Morgan fingerprint density at radius 1 is 1.29 bits per heavy atom. The van der Waals surface area contributed by atoms with Gasteiger partial charge >= 0.3 is 0 Å². The van der Waals surface area contributed by atoms with Crippen molar-refractivity contribution in [1.82, 2.24) is 9.21 Å². The molecule has 2 aliphatic heterocycles. The second-order valence-electron chi connectivity index (χ2n) is 5.56. The number of nitrogen functional groups attached to an aromatic ring is 1. The van der Waals surface area contributed by atoms with Crippen LogP contribution in [0.5, 0.6) is 0 Å². The quantitative estimate of drug-likeness (QED) is 0.808. The summed E-state index contributed by atoms with van der Waals surface area (Å²) in [5.74, 6) is 0. The second kappa shape index (κ2) is 5.30. The van der Waals surface area contributed by atoms with E-state index in [0.717, 1.165) is 25.9 Å². The normalized spacial score (nSPS) is 23.7. The molecule has 2 fully saturated rings. The van der Waals surface area contributed by atoms with Gasteiger partial charge in [0.1, 0.15) is 11.0 Å². The zero-order valence-corrected chi connectivity index (χ0v) is 12.5. The topological polar surface area (TPSA) is 90.4 Å². The average molecular weight is 306 g/mol. The molecule has 0 amide bonds. The highest BCUT2D eigenvalue weighted by Crippen LogP contribution is 2.27. The molecule has 0 spiro atoms. The summed E-state index contributed by atoms with van der Waals surface area (Å²) in [6.07, 6.45) is 2.17. The molecule has 2 saturated heterocycles. The van der Waals surface area contributed by atoms with Gasteiger partial charge in [-0.25, -0.2) is 8.42 Å². The summed E-state index contributed by atoms with van der Waals surface area (Å²) in [6.45, 7) is 2.82. The summed E-state index contributed by atoms with van der Waals surface area (Å²) >= 11 is 0. The van der Waals surface area contributed by atoms with E-state index in [1.54, 1.807) is 0 Å². The molecule has 1 aromatic carbocycles. The van der Waals surface area contributed by atoms with Crippen molar-refractivity contribution < 1.29 is 8.42 Å². The van der Waals surface area contributed by atoms with E-state index in [0.29, 0.717) is 24.8 Å². The Morgan fingerprint density at radius 2 is 2.10 bits per heavy atom. The van der Waals surface area contributed by atoms with Crippen LogP contribution < -0.4 is 5.73 Å². The highest BCUT2D eigenvalue weighted by molar-refractivity contribution is 7.89. The maximum atomic E-state index is 12.8. The molecule has 3 rings (SSSR count). The lowest BCUT2D eigenvalue weighted by atomic mass is 10.2. The second-order valence-corrected chi connectivity index (χ2v) is 7.47. The van der Waals surface area contributed by atoms with Crippen LogP contribution in [0.1, 0.15) is 18.4 Å². The molecule has 0 aliphatic carbocycles. The van der Waals surface area contributed by atoms with Crippen molar-refractivity contribution in [3.63, 3.8) is 0 Å². The molecule has 2 heterocycles. The fourth-order valence-electron chi connectivity index (χ4n) is 3.18. The van der Waals surface area contributed by atoms with Crippen molar-refractivity contribution >= 4 is 15.7 Å². The zero-order chi connectivity index (χ0) is 15.0. The first kappa shape index (κ1) is 14.3. The number of hydrogen-bond donors (Lipinski definition) is 1. The minimum atomic E-state index is -3.63. The summed E-state index contributed by atoms with van der Waals surface area (Å²) in [5.41, 5.74) is 6.14. The Labute approximate surface area is 124 Å². The highest BCUT2D eigenvalue weighted by Gasteiger charge is 2.37. The summed E-state index contributed by atoms with van der Waals surface area (Å²) in [4.78, 5) is 2.41. The van der Waals surface area contributed by atoms with Gasteiger partial charge in [0.15, 0.2) is 0 Å². The lowest BCUT2D eigenvalue weighted by molar-refractivity contribution is 0.158. The number of hydrogen-bond acceptors (Lipinski definition) is 5. The molecule has 21 heavy (non-hydrogen) atoms. The summed E-state index contributed by atoms with van der Waals surface area (Å²) in [7, 11) is -3.63. The van der Waals surface area contributed by atoms with Crippen LogP contribution in [0.4, 0.5) is 5.69 Å². The first-order valence-electron chi connectivity index (χ1n) is 7.06. The van der Waals surface area contributed by atoms with Crippen LogP contribution >= 0.6 is 0 Å². The molecule has 0 aromatic heterocycles. The van der Waals surface area contributed by atoms with Crippen LogP contribution in [0, 0.1) is 11.3 Å². The van der Waals surface area contributed by atoms with Crippen LogP contribution in [0.15, 0.2) is 23.1 Å². The van der Waals surface area contributed by atoms with Gasteiger partial charge in [-0.15, -0.1) is 0 Å². The summed E-state index contributed by atoms with van der Waals surface area (Å²) < 4.78 is 27.1. The van der Waals surface area contributed by atoms with Crippen LogP contribution in [-0.4, -0.2) is 49.8 Å². The third-order valence-corrected chi connectivity index (χ3v) is 6.22. The van der Waals surface area contributed by atoms with E-state index in [9.17, 15) is 8.42 Å². The largest absolute Gasteiger partial charge is 0.399 e. The molecule has 1 unspecified atom stereocenters. The molecule has 0 saturated carbocycles. The summed E-state index contributed by atoms with van der Waals surface area (Å²) in [5, 5.41) is 9.16. The Kier molecular flexibility index (Phi) is 3.61. The smallest absolute Gasteiger partial charge is 0.244 e. The van der Waals surface area contributed by atoms with Gasteiger partial charge in [-0.2, -0.15) is 9.57 Å². The molecular formula is C14H18N4O2S. The fourth-order valence-corrected chi connectivity index (χ4v) is 4.77. The van der Waals surface area contributed by atoms with E-state index in [1.165, 1.54) is 22.5 Å². The van der Waals surface area contributed by atoms with Crippen molar-refractivity contribution in [1.29, 1.82) is 5.26 Å². The van der Waals surface area contributed by atoms with Crippen molar-refractivity contribution in [2.75, 3.05) is 31.9 Å². The van der Waals surface area contributed by atoms with Gasteiger partial charge in [-0.05, 0) is 37.6 Å². The summed E-state index contributed by atoms with van der Waals surface area (Å²) in [6, 6.07) is 6.62. The number of piperazine rings is 1. The van der Waals surface area contributed by atoms with Gasteiger partial charge in [0.25, 0.3) is 0 Å². The van der Waals surface area contributed by atoms with Gasteiger partial charge in [0.05, 0.1) is 5.56 Å². The van der Waals surface area contributed by atoms with Gasteiger partial charge in [-0.3, -0.25) is 4.90 Å². The standard InChI is InChI=1S/C14H18N4O2S/c15-9-11-8-12(16)3-4-14(11)21(19,20)18-7-6-17-5-1-2-13(17)10-18/h3-4,8,13H,1-2,5-7,10,16H2. The van der Waals surface area contributed by atoms with Crippen molar-refractivity contribution in [2.24, 2.45) is 0 Å². The van der Waals surface area contributed by atoms with Gasteiger partial charge in [-0.1, -0.05) is 0 Å². The van der Waals surface area contributed by atoms with Crippen LogP contribution in [-0.2, 0) is 10.0 Å². The molecule has 7 heteroatoms. The van der Waals surface area contributed by atoms with Crippen molar-refractivity contribution in [3.8, 4) is 6.07 Å². The number of nitrogens with zero attached hydrogens (tertiary/aromatic N) is 3. The maximum Gasteiger partial charge on any atom is 0.244 e. The number of fused-ring (bicyclic) bond motifs is 1. The van der Waals surface area contributed by atoms with Crippen molar-refractivity contribution in [2.45, 2.75) is 23.8 Å². The fraction of sp³-hybridized carbons (Fsp3) is 0.500. The van der Waals surface area contributed by atoms with Gasteiger partial charge < -0.3 is 5.73 Å². The molecule has 1 atom stereocenters. The highest BCUT2D eigenvalue weighted by atomic mass is 32.2. The number of rotatable bonds is 2. The van der Waals surface area contributed by atoms with Crippen LogP contribution in [0.2, 0.25) is 0 Å². The lowest BCUT2D eigenvalue weighted by Crippen LogP contribution is -2.51. The zero-order valence-electron chi connectivity index (χ0n) is 11.7. The molecule has 1 aromatic rings. The number of nitriles is 1. The average Bonchev–Trinajstić information content (AvgIpc) is 2.94. The minimum absolute atomic E-state index is 0.0608. The third kappa shape index (κ3) is 2.50. The van der Waals surface area contributed by atoms with E-state index in [2.05, 4.69) is 4.90 Å². The molecule has 0 bridgehead atoms. The number of benzene rings is 1. The number of nitrogens with two attached hydrogens (primary N) is 1. The molecule has 0 radical (unpaired) electrons.